The summed E-state index contributed by atoms with van der Waals surface area (Å²) in [5.41, 5.74) is 0. The molecule has 0 aromatic rings. The Kier molecular flexibility index (Phi) is 5.87. The number of hydrogen-bond acceptors (Lipinski definition) is 2. The molecule has 0 saturated carbocycles. The minimum atomic E-state index is -1.06. The van der Waals surface area contributed by atoms with Gasteiger partial charge in [-0.1, -0.05) is 12.2 Å². The van der Waals surface area contributed by atoms with Crippen LogP contribution in [-0.2, 0) is 9.59 Å². The van der Waals surface area contributed by atoms with E-state index in [1.54, 1.807) is 6.08 Å². The molecule has 70 valence electrons. The fraction of sp³-hybridized carbons (Fsp3) is 0.500. The van der Waals surface area contributed by atoms with Gasteiger partial charge in [0.2, 0.25) is 0 Å². The first-order valence-corrected chi connectivity index (χ1v) is 3.75. The molecule has 5 heteroatoms. The summed E-state index contributed by atoms with van der Waals surface area (Å²) in [5, 5.41) is 17.3. The van der Waals surface area contributed by atoms with Crippen molar-refractivity contribution in [2.24, 2.45) is 11.8 Å². The number of carbonyl (C=O) groups is 2. The molecule has 0 spiro atoms. The predicted molar refractivity (Wildman–Crippen MR) is 49.2 cm³/mol. The van der Waals surface area contributed by atoms with Crippen LogP contribution >= 0.6 is 0 Å². The minimum absolute atomic E-state index is 0. The molecule has 2 unspecified atom stereocenters. The van der Waals surface area contributed by atoms with Crippen molar-refractivity contribution in [3.63, 3.8) is 0 Å². The molecule has 0 aromatic carbocycles. The SMILES string of the molecule is O=C(O)C1C=CCCC1C(=O)O.[SrH2]. The van der Waals surface area contributed by atoms with Crippen LogP contribution in [0.25, 0.3) is 0 Å². The van der Waals surface area contributed by atoms with Crippen LogP contribution in [-0.4, -0.2) is 67.6 Å². The second-order valence-electron chi connectivity index (χ2n) is 2.81. The fourth-order valence-corrected chi connectivity index (χ4v) is 1.36. The van der Waals surface area contributed by atoms with E-state index in [0.717, 1.165) is 0 Å². The Labute approximate surface area is 113 Å². The third-order valence-electron chi connectivity index (χ3n) is 2.02. The molecule has 4 nitrogen and oxygen atoms in total. The maximum atomic E-state index is 10.6. The molecule has 0 bridgehead atoms. The zero-order chi connectivity index (χ0) is 9.14. The van der Waals surface area contributed by atoms with E-state index in [9.17, 15) is 9.59 Å². The van der Waals surface area contributed by atoms with E-state index >= 15 is 0 Å². The first kappa shape index (κ1) is 13.2. The van der Waals surface area contributed by atoms with Crippen LogP contribution in [0.5, 0.6) is 0 Å². The summed E-state index contributed by atoms with van der Waals surface area (Å²) in [4.78, 5) is 21.1. The van der Waals surface area contributed by atoms with E-state index < -0.39 is 23.8 Å². The van der Waals surface area contributed by atoms with E-state index in [0.29, 0.717) is 12.8 Å². The Bertz CT molecular complexity index is 236. The van der Waals surface area contributed by atoms with Gasteiger partial charge >= 0.3 is 57.4 Å². The molecule has 0 saturated heterocycles. The van der Waals surface area contributed by atoms with Gasteiger partial charge in [0.05, 0.1) is 11.8 Å². The van der Waals surface area contributed by atoms with Crippen molar-refractivity contribution in [2.45, 2.75) is 12.8 Å². The summed E-state index contributed by atoms with van der Waals surface area (Å²) in [7, 11) is 0. The van der Waals surface area contributed by atoms with Crippen LogP contribution in [0.4, 0.5) is 0 Å². The first-order valence-electron chi connectivity index (χ1n) is 3.75. The number of aliphatic carboxylic acids is 2. The number of carboxylic acid groups (broad SMARTS) is 2. The molecule has 0 radical (unpaired) electrons. The van der Waals surface area contributed by atoms with Gasteiger partial charge < -0.3 is 10.2 Å². The third kappa shape index (κ3) is 3.42. The van der Waals surface area contributed by atoms with E-state index in [1.165, 1.54) is 6.08 Å². The molecule has 0 heterocycles. The molecule has 2 atom stereocenters. The van der Waals surface area contributed by atoms with Gasteiger partial charge in [0.15, 0.2) is 0 Å². The van der Waals surface area contributed by atoms with Gasteiger partial charge in [0, 0.05) is 0 Å². The molecule has 0 aliphatic heterocycles. The van der Waals surface area contributed by atoms with Gasteiger partial charge in [0.1, 0.15) is 0 Å². The summed E-state index contributed by atoms with van der Waals surface area (Å²) in [6.45, 7) is 0. The molecule has 2 N–H and O–H groups in total. The molecule has 1 aliphatic rings. The summed E-state index contributed by atoms with van der Waals surface area (Å²) in [6, 6.07) is 0. The molecule has 13 heavy (non-hydrogen) atoms. The van der Waals surface area contributed by atoms with Crippen molar-refractivity contribution in [3.8, 4) is 0 Å². The fourth-order valence-electron chi connectivity index (χ4n) is 1.36. The van der Waals surface area contributed by atoms with Crippen molar-refractivity contribution < 1.29 is 19.8 Å². The van der Waals surface area contributed by atoms with Crippen LogP contribution in [0.15, 0.2) is 12.2 Å². The van der Waals surface area contributed by atoms with Crippen LogP contribution in [0.1, 0.15) is 12.8 Å². The average Bonchev–Trinajstić information content (AvgIpc) is 2.04. The van der Waals surface area contributed by atoms with E-state index in [-0.39, 0.29) is 45.5 Å². The van der Waals surface area contributed by atoms with Crippen molar-refractivity contribution in [1.82, 2.24) is 0 Å². The number of hydrogen-bond donors (Lipinski definition) is 2. The monoisotopic (exact) mass is 260 g/mol. The molecule has 0 aromatic heterocycles. The summed E-state index contributed by atoms with van der Waals surface area (Å²) >= 11 is 0. The van der Waals surface area contributed by atoms with Crippen LogP contribution in [0.2, 0.25) is 0 Å². The van der Waals surface area contributed by atoms with Gasteiger partial charge in [0.25, 0.3) is 0 Å². The van der Waals surface area contributed by atoms with Crippen molar-refractivity contribution in [3.05, 3.63) is 12.2 Å². The van der Waals surface area contributed by atoms with Gasteiger partial charge in [-0.05, 0) is 12.8 Å². The van der Waals surface area contributed by atoms with E-state index in [4.69, 9.17) is 10.2 Å². The number of allylic oxidation sites excluding steroid dienone is 1. The molecule has 0 fully saturated rings. The predicted octanol–water partition coefficient (Wildman–Crippen LogP) is -0.178. The molecular weight excluding hydrogens is 248 g/mol. The standard InChI is InChI=1S/C8H10O4.Sr.2H/c9-7(10)5-3-1-2-4-6(5)8(11)12;;;/h1,3,5-6H,2,4H2,(H,9,10)(H,11,12);;;. The van der Waals surface area contributed by atoms with E-state index in [2.05, 4.69) is 0 Å². The molecule has 1 aliphatic carbocycles. The second-order valence-corrected chi connectivity index (χ2v) is 2.81. The van der Waals surface area contributed by atoms with Crippen molar-refractivity contribution >= 4 is 57.4 Å². The van der Waals surface area contributed by atoms with Gasteiger partial charge in [-0.2, -0.15) is 0 Å². The summed E-state index contributed by atoms with van der Waals surface area (Å²) in [5.74, 6) is -3.69. The van der Waals surface area contributed by atoms with Gasteiger partial charge in [-0.25, -0.2) is 0 Å². The van der Waals surface area contributed by atoms with Crippen LogP contribution < -0.4 is 0 Å². The maximum absolute atomic E-state index is 10.6. The Balaban J connectivity index is 0.00000144. The summed E-state index contributed by atoms with van der Waals surface area (Å²) < 4.78 is 0. The first-order chi connectivity index (χ1) is 5.63. The Morgan fingerprint density at radius 2 is 1.85 bits per heavy atom. The zero-order valence-electron chi connectivity index (χ0n) is 6.43. The van der Waals surface area contributed by atoms with E-state index in [1.807, 2.05) is 0 Å². The Morgan fingerprint density at radius 1 is 1.23 bits per heavy atom. The second kappa shape index (κ2) is 5.80. The van der Waals surface area contributed by atoms with Crippen LogP contribution in [0, 0.1) is 11.8 Å². The number of carboxylic acids is 2. The topological polar surface area (TPSA) is 74.6 Å². The molecule has 1 rings (SSSR count). The van der Waals surface area contributed by atoms with Crippen molar-refractivity contribution in [1.29, 1.82) is 0 Å². The third-order valence-corrected chi connectivity index (χ3v) is 2.02. The van der Waals surface area contributed by atoms with Gasteiger partial charge in [-0.15, -0.1) is 0 Å². The zero-order valence-corrected chi connectivity index (χ0v) is 6.43. The Hall–Kier alpha value is 0.161. The van der Waals surface area contributed by atoms with Gasteiger partial charge in [-0.3, -0.25) is 9.59 Å². The average molecular weight is 260 g/mol. The Morgan fingerprint density at radius 3 is 2.23 bits per heavy atom. The normalized spacial score (nSPS) is 26.2. The summed E-state index contributed by atoms with van der Waals surface area (Å²) in [6.07, 6.45) is 4.26. The quantitative estimate of drug-likeness (QED) is 0.533. The molecular formula is C8H12O4Sr. The number of rotatable bonds is 2. The van der Waals surface area contributed by atoms with Crippen molar-refractivity contribution in [2.75, 3.05) is 0 Å². The van der Waals surface area contributed by atoms with Crippen LogP contribution in [0.3, 0.4) is 0 Å². The molecule has 0 amide bonds.